The Morgan fingerprint density at radius 3 is 2.41 bits per heavy atom. The third-order valence-corrected chi connectivity index (χ3v) is 4.21. The zero-order chi connectivity index (χ0) is 15.9. The third-order valence-electron chi connectivity index (χ3n) is 4.21. The summed E-state index contributed by atoms with van der Waals surface area (Å²) in [6, 6.07) is 14.1. The molecule has 0 amide bonds. The molecular weight excluding hydrogens is 272 g/mol. The fourth-order valence-corrected chi connectivity index (χ4v) is 2.89. The van der Waals surface area contributed by atoms with Crippen molar-refractivity contribution in [3.63, 3.8) is 0 Å². The molecule has 0 radical (unpaired) electrons. The number of carbonyl (C=O) groups is 1. The minimum Gasteiger partial charge on any atom is -0.478 e. The van der Waals surface area contributed by atoms with Crippen LogP contribution in [0.4, 0.5) is 0 Å². The van der Waals surface area contributed by atoms with Crippen molar-refractivity contribution >= 4 is 5.97 Å². The summed E-state index contributed by atoms with van der Waals surface area (Å²) in [6.45, 7) is 4.22. The summed E-state index contributed by atoms with van der Waals surface area (Å²) in [4.78, 5) is 11.5. The molecule has 2 aromatic carbocycles. The van der Waals surface area contributed by atoms with Crippen molar-refractivity contribution < 1.29 is 9.90 Å². The zero-order valence-corrected chi connectivity index (χ0v) is 13.4. The molecule has 0 aliphatic carbocycles. The van der Waals surface area contributed by atoms with Crippen LogP contribution >= 0.6 is 0 Å². The zero-order valence-electron chi connectivity index (χ0n) is 13.4. The molecule has 2 nitrogen and oxygen atoms in total. The van der Waals surface area contributed by atoms with Crippen LogP contribution in [0.15, 0.2) is 42.5 Å². The van der Waals surface area contributed by atoms with Crippen LogP contribution in [-0.4, -0.2) is 11.1 Å². The van der Waals surface area contributed by atoms with Gasteiger partial charge in [0.15, 0.2) is 0 Å². The first-order valence-corrected chi connectivity index (χ1v) is 8.02. The number of carboxylic acids is 1. The lowest BCUT2D eigenvalue weighted by Crippen LogP contribution is -2.07. The van der Waals surface area contributed by atoms with E-state index in [-0.39, 0.29) is 0 Å². The quantitative estimate of drug-likeness (QED) is 0.729. The lowest BCUT2D eigenvalue weighted by atomic mass is 9.90. The van der Waals surface area contributed by atoms with Gasteiger partial charge in [-0.3, -0.25) is 0 Å². The molecule has 22 heavy (non-hydrogen) atoms. The Kier molecular flexibility index (Phi) is 5.76. The monoisotopic (exact) mass is 296 g/mol. The van der Waals surface area contributed by atoms with Gasteiger partial charge in [0.05, 0.1) is 5.56 Å². The van der Waals surface area contributed by atoms with Crippen LogP contribution in [-0.2, 0) is 12.8 Å². The number of aromatic carboxylic acids is 1. The Bertz CT molecular complexity index is 630. The van der Waals surface area contributed by atoms with Gasteiger partial charge < -0.3 is 5.11 Å². The summed E-state index contributed by atoms with van der Waals surface area (Å²) < 4.78 is 0. The predicted molar refractivity (Wildman–Crippen MR) is 90.6 cm³/mol. The summed E-state index contributed by atoms with van der Waals surface area (Å²) >= 11 is 0. The van der Waals surface area contributed by atoms with Gasteiger partial charge in [-0.05, 0) is 54.5 Å². The van der Waals surface area contributed by atoms with Gasteiger partial charge >= 0.3 is 5.97 Å². The first-order valence-electron chi connectivity index (χ1n) is 8.02. The SMILES string of the molecule is CCCCCc1c(C(=O)O)ccc(Cc2ccccc2)c1C. The van der Waals surface area contributed by atoms with E-state index < -0.39 is 5.97 Å². The van der Waals surface area contributed by atoms with E-state index in [1.54, 1.807) is 6.07 Å². The van der Waals surface area contributed by atoms with Crippen LogP contribution < -0.4 is 0 Å². The highest BCUT2D eigenvalue weighted by atomic mass is 16.4. The third kappa shape index (κ3) is 3.97. The van der Waals surface area contributed by atoms with Gasteiger partial charge in [0.1, 0.15) is 0 Å². The maximum absolute atomic E-state index is 11.5. The van der Waals surface area contributed by atoms with Gasteiger partial charge in [0.25, 0.3) is 0 Å². The van der Waals surface area contributed by atoms with Crippen LogP contribution in [0, 0.1) is 6.92 Å². The molecule has 1 N–H and O–H groups in total. The van der Waals surface area contributed by atoms with E-state index in [0.29, 0.717) is 5.56 Å². The molecule has 116 valence electrons. The molecule has 2 heteroatoms. The van der Waals surface area contributed by atoms with Crippen LogP contribution in [0.2, 0.25) is 0 Å². The topological polar surface area (TPSA) is 37.3 Å². The number of unbranched alkanes of at least 4 members (excludes halogenated alkanes) is 2. The Morgan fingerprint density at radius 2 is 1.77 bits per heavy atom. The van der Waals surface area contributed by atoms with Crippen molar-refractivity contribution in [3.05, 3.63) is 70.3 Å². The molecule has 0 saturated carbocycles. The predicted octanol–water partition coefficient (Wildman–Crippen LogP) is 5.02. The fourth-order valence-electron chi connectivity index (χ4n) is 2.89. The Morgan fingerprint density at radius 1 is 1.05 bits per heavy atom. The molecule has 2 aromatic rings. The van der Waals surface area contributed by atoms with Gasteiger partial charge in [0.2, 0.25) is 0 Å². The summed E-state index contributed by atoms with van der Waals surface area (Å²) in [5.74, 6) is -0.819. The Hall–Kier alpha value is -2.09. The molecular formula is C20H24O2. The molecule has 0 aromatic heterocycles. The largest absolute Gasteiger partial charge is 0.478 e. The highest BCUT2D eigenvalue weighted by molar-refractivity contribution is 5.90. The number of rotatable bonds is 7. The lowest BCUT2D eigenvalue weighted by molar-refractivity contribution is 0.0695. The van der Waals surface area contributed by atoms with E-state index in [0.717, 1.165) is 43.2 Å². The van der Waals surface area contributed by atoms with E-state index in [9.17, 15) is 9.90 Å². The molecule has 0 aliphatic rings. The van der Waals surface area contributed by atoms with Crippen LogP contribution in [0.1, 0.15) is 58.8 Å². The smallest absolute Gasteiger partial charge is 0.335 e. The summed E-state index contributed by atoms with van der Waals surface area (Å²) in [7, 11) is 0. The second-order valence-electron chi connectivity index (χ2n) is 5.80. The average Bonchev–Trinajstić information content (AvgIpc) is 2.51. The number of hydrogen-bond acceptors (Lipinski definition) is 1. The molecule has 0 atom stereocenters. The minimum absolute atomic E-state index is 0.463. The minimum atomic E-state index is -0.819. The lowest BCUT2D eigenvalue weighted by Gasteiger charge is -2.15. The number of hydrogen-bond donors (Lipinski definition) is 1. The average molecular weight is 296 g/mol. The van der Waals surface area contributed by atoms with Crippen LogP contribution in [0.5, 0.6) is 0 Å². The van der Waals surface area contributed by atoms with Crippen molar-refractivity contribution in [2.45, 2.75) is 46.0 Å². The van der Waals surface area contributed by atoms with Crippen molar-refractivity contribution in [3.8, 4) is 0 Å². The Balaban J connectivity index is 2.31. The molecule has 0 fully saturated rings. The van der Waals surface area contributed by atoms with E-state index in [1.807, 2.05) is 24.3 Å². The maximum atomic E-state index is 11.5. The van der Waals surface area contributed by atoms with Crippen LogP contribution in [0.25, 0.3) is 0 Å². The van der Waals surface area contributed by atoms with Crippen molar-refractivity contribution in [1.82, 2.24) is 0 Å². The van der Waals surface area contributed by atoms with Crippen LogP contribution in [0.3, 0.4) is 0 Å². The molecule has 0 heterocycles. The van der Waals surface area contributed by atoms with Crippen molar-refractivity contribution in [1.29, 1.82) is 0 Å². The molecule has 0 spiro atoms. The van der Waals surface area contributed by atoms with Gasteiger partial charge in [0, 0.05) is 0 Å². The summed E-state index contributed by atoms with van der Waals surface area (Å²) in [5.41, 5.74) is 5.09. The normalized spacial score (nSPS) is 10.6. The first-order chi connectivity index (χ1) is 10.6. The highest BCUT2D eigenvalue weighted by Gasteiger charge is 2.15. The van der Waals surface area contributed by atoms with Gasteiger partial charge in [-0.25, -0.2) is 4.79 Å². The van der Waals surface area contributed by atoms with E-state index in [2.05, 4.69) is 26.0 Å². The maximum Gasteiger partial charge on any atom is 0.335 e. The summed E-state index contributed by atoms with van der Waals surface area (Å²) in [5, 5.41) is 9.43. The molecule has 2 rings (SSSR count). The second-order valence-corrected chi connectivity index (χ2v) is 5.80. The van der Waals surface area contributed by atoms with E-state index in [4.69, 9.17) is 0 Å². The van der Waals surface area contributed by atoms with Crippen molar-refractivity contribution in [2.24, 2.45) is 0 Å². The van der Waals surface area contributed by atoms with Gasteiger partial charge in [-0.2, -0.15) is 0 Å². The molecule has 0 aliphatic heterocycles. The van der Waals surface area contributed by atoms with Gasteiger partial charge in [-0.1, -0.05) is 56.2 Å². The Labute approximate surface area is 132 Å². The van der Waals surface area contributed by atoms with E-state index >= 15 is 0 Å². The van der Waals surface area contributed by atoms with Crippen molar-refractivity contribution in [2.75, 3.05) is 0 Å². The first kappa shape index (κ1) is 16.3. The fraction of sp³-hybridized carbons (Fsp3) is 0.350. The molecule has 0 unspecified atom stereocenters. The van der Waals surface area contributed by atoms with E-state index in [1.165, 1.54) is 11.1 Å². The van der Waals surface area contributed by atoms with Gasteiger partial charge in [-0.15, -0.1) is 0 Å². The second kappa shape index (κ2) is 7.79. The summed E-state index contributed by atoms with van der Waals surface area (Å²) in [6.07, 6.45) is 5.04. The number of benzene rings is 2. The number of carboxylic acid groups (broad SMARTS) is 1. The molecule has 0 bridgehead atoms. The standard InChI is InChI=1S/C20H24O2/c1-3-4-6-11-18-15(2)17(12-13-19(18)20(21)22)14-16-9-7-5-8-10-16/h5,7-10,12-13H,3-4,6,11,14H2,1-2H3,(H,21,22). The molecule has 0 saturated heterocycles. The highest BCUT2D eigenvalue weighted by Crippen LogP contribution is 2.23.